The van der Waals surface area contributed by atoms with Gasteiger partial charge in [-0.25, -0.2) is 4.79 Å². The predicted octanol–water partition coefficient (Wildman–Crippen LogP) is 2.86. The molecule has 1 heterocycles. The maximum Gasteiger partial charge on any atom is 0.341 e. The number of aryl methyl sites for hydroxylation is 1. The van der Waals surface area contributed by atoms with Crippen LogP contribution in [0.4, 0.5) is 5.69 Å². The van der Waals surface area contributed by atoms with E-state index < -0.39 is 0 Å². The number of hydrogen-bond acceptors (Lipinski definition) is 4. The molecule has 106 valence electrons. The summed E-state index contributed by atoms with van der Waals surface area (Å²) in [6, 6.07) is 7.40. The van der Waals surface area contributed by atoms with Crippen molar-refractivity contribution in [2.24, 2.45) is 7.05 Å². The summed E-state index contributed by atoms with van der Waals surface area (Å²) in [6.07, 6.45) is 1.52. The summed E-state index contributed by atoms with van der Waals surface area (Å²) in [7, 11) is 1.79. The van der Waals surface area contributed by atoms with Gasteiger partial charge in [-0.3, -0.25) is 4.68 Å². The molecular weight excluding hydrogens is 278 g/mol. The zero-order valence-corrected chi connectivity index (χ0v) is 12.1. The number of carbonyl (C=O) groups excluding carboxylic acids is 1. The monoisotopic (exact) mass is 293 g/mol. The maximum atomic E-state index is 11.8. The Morgan fingerprint density at radius 1 is 1.50 bits per heavy atom. The molecule has 0 unspecified atom stereocenters. The highest BCUT2D eigenvalue weighted by atomic mass is 35.5. The second kappa shape index (κ2) is 6.43. The summed E-state index contributed by atoms with van der Waals surface area (Å²) < 4.78 is 6.67. The van der Waals surface area contributed by atoms with Crippen molar-refractivity contribution in [2.45, 2.75) is 13.5 Å². The van der Waals surface area contributed by atoms with Gasteiger partial charge in [0, 0.05) is 17.8 Å². The van der Waals surface area contributed by atoms with Crippen LogP contribution in [0.3, 0.4) is 0 Å². The lowest BCUT2D eigenvalue weighted by atomic mass is 10.2. The molecule has 0 spiro atoms. The molecule has 20 heavy (non-hydrogen) atoms. The van der Waals surface area contributed by atoms with Crippen molar-refractivity contribution >= 4 is 23.3 Å². The average molecular weight is 294 g/mol. The summed E-state index contributed by atoms with van der Waals surface area (Å²) in [5.41, 5.74) is 2.13. The molecule has 1 N–H and O–H groups in total. The molecule has 5 nitrogen and oxygen atoms in total. The second-order valence-electron chi connectivity index (χ2n) is 4.21. The minimum Gasteiger partial charge on any atom is -0.462 e. The molecule has 2 aromatic rings. The number of esters is 1. The molecule has 1 aromatic carbocycles. The summed E-state index contributed by atoms with van der Waals surface area (Å²) in [4.78, 5) is 11.8. The van der Waals surface area contributed by atoms with Crippen LogP contribution >= 0.6 is 11.6 Å². The van der Waals surface area contributed by atoms with E-state index in [0.29, 0.717) is 23.7 Å². The van der Waals surface area contributed by atoms with Gasteiger partial charge >= 0.3 is 5.97 Å². The molecule has 2 rings (SSSR count). The third kappa shape index (κ3) is 3.30. The van der Waals surface area contributed by atoms with E-state index in [1.165, 1.54) is 6.20 Å². The van der Waals surface area contributed by atoms with Gasteiger partial charge in [0.25, 0.3) is 0 Å². The first-order chi connectivity index (χ1) is 9.61. The Kier molecular flexibility index (Phi) is 4.63. The number of rotatable bonds is 5. The standard InChI is InChI=1S/C14H16ClN3O2/c1-3-20-14(19)12-8-17-18(2)13(12)9-16-11-6-4-5-10(15)7-11/h4-8,16H,3,9H2,1-2H3. The van der Waals surface area contributed by atoms with Crippen LogP contribution in [0.2, 0.25) is 5.02 Å². The third-order valence-corrected chi connectivity index (χ3v) is 3.08. The van der Waals surface area contributed by atoms with Crippen LogP contribution in [0.15, 0.2) is 30.5 Å². The zero-order chi connectivity index (χ0) is 14.5. The Labute approximate surface area is 122 Å². The van der Waals surface area contributed by atoms with Crippen LogP contribution in [0.25, 0.3) is 0 Å². The summed E-state index contributed by atoms with van der Waals surface area (Å²) in [6.45, 7) is 2.58. The molecule has 0 bridgehead atoms. The van der Waals surface area contributed by atoms with Crippen molar-refractivity contribution in [3.8, 4) is 0 Å². The SMILES string of the molecule is CCOC(=O)c1cnn(C)c1CNc1cccc(Cl)c1. The Balaban J connectivity index is 2.13. The fourth-order valence-electron chi connectivity index (χ4n) is 1.84. The van der Waals surface area contributed by atoms with E-state index in [2.05, 4.69) is 10.4 Å². The van der Waals surface area contributed by atoms with E-state index in [9.17, 15) is 4.79 Å². The molecular formula is C14H16ClN3O2. The van der Waals surface area contributed by atoms with Crippen LogP contribution < -0.4 is 5.32 Å². The Morgan fingerprint density at radius 2 is 2.30 bits per heavy atom. The largest absolute Gasteiger partial charge is 0.462 e. The highest BCUT2D eigenvalue weighted by molar-refractivity contribution is 6.30. The number of nitrogens with one attached hydrogen (secondary N) is 1. The number of ether oxygens (including phenoxy) is 1. The molecule has 0 aliphatic carbocycles. The number of benzene rings is 1. The van der Waals surface area contributed by atoms with E-state index in [4.69, 9.17) is 16.3 Å². The van der Waals surface area contributed by atoms with Gasteiger partial charge in [-0.15, -0.1) is 0 Å². The molecule has 0 amide bonds. The van der Waals surface area contributed by atoms with Crippen LogP contribution in [-0.2, 0) is 18.3 Å². The van der Waals surface area contributed by atoms with Gasteiger partial charge in [-0.1, -0.05) is 17.7 Å². The topological polar surface area (TPSA) is 56.1 Å². The third-order valence-electron chi connectivity index (χ3n) is 2.84. The Morgan fingerprint density at radius 3 is 3.00 bits per heavy atom. The van der Waals surface area contributed by atoms with Gasteiger partial charge in [0.2, 0.25) is 0 Å². The molecule has 0 fully saturated rings. The van der Waals surface area contributed by atoms with Crippen molar-refractivity contribution in [1.29, 1.82) is 0 Å². The summed E-state index contributed by atoms with van der Waals surface area (Å²) in [5.74, 6) is -0.358. The van der Waals surface area contributed by atoms with Crippen molar-refractivity contribution in [1.82, 2.24) is 9.78 Å². The van der Waals surface area contributed by atoms with Crippen LogP contribution in [0.5, 0.6) is 0 Å². The van der Waals surface area contributed by atoms with Crippen LogP contribution in [0, 0.1) is 0 Å². The van der Waals surface area contributed by atoms with Crippen LogP contribution in [-0.4, -0.2) is 22.4 Å². The van der Waals surface area contributed by atoms with Crippen molar-refractivity contribution < 1.29 is 9.53 Å². The van der Waals surface area contributed by atoms with Gasteiger partial charge in [0.15, 0.2) is 0 Å². The molecule has 0 saturated heterocycles. The summed E-state index contributed by atoms with van der Waals surface area (Å²) >= 11 is 5.93. The Hall–Kier alpha value is -2.01. The number of nitrogens with zero attached hydrogens (tertiary/aromatic N) is 2. The predicted molar refractivity (Wildman–Crippen MR) is 77.9 cm³/mol. The molecule has 6 heteroatoms. The first kappa shape index (κ1) is 14.4. The van der Waals surface area contributed by atoms with E-state index in [0.717, 1.165) is 11.4 Å². The highest BCUT2D eigenvalue weighted by Crippen LogP contribution is 2.17. The number of aromatic nitrogens is 2. The quantitative estimate of drug-likeness (QED) is 0.861. The highest BCUT2D eigenvalue weighted by Gasteiger charge is 2.16. The zero-order valence-electron chi connectivity index (χ0n) is 11.4. The van der Waals surface area contributed by atoms with Crippen molar-refractivity contribution in [3.63, 3.8) is 0 Å². The summed E-state index contributed by atoms with van der Waals surface area (Å²) in [5, 5.41) is 7.97. The first-order valence-corrected chi connectivity index (χ1v) is 6.67. The van der Waals surface area contributed by atoms with Crippen molar-refractivity contribution in [2.75, 3.05) is 11.9 Å². The smallest absolute Gasteiger partial charge is 0.341 e. The fraction of sp³-hybridized carbons (Fsp3) is 0.286. The number of hydrogen-bond donors (Lipinski definition) is 1. The average Bonchev–Trinajstić information content (AvgIpc) is 2.78. The van der Waals surface area contributed by atoms with Gasteiger partial charge in [0.05, 0.1) is 25.0 Å². The molecule has 0 saturated carbocycles. The lowest BCUT2D eigenvalue weighted by molar-refractivity contribution is 0.0525. The lowest BCUT2D eigenvalue weighted by Crippen LogP contribution is -2.12. The molecule has 0 radical (unpaired) electrons. The van der Waals surface area contributed by atoms with Gasteiger partial charge in [0.1, 0.15) is 5.56 Å². The number of halogens is 1. The molecule has 1 aromatic heterocycles. The normalized spacial score (nSPS) is 10.3. The minimum absolute atomic E-state index is 0.342. The van der Waals surface area contributed by atoms with Gasteiger partial charge in [-0.05, 0) is 25.1 Å². The van der Waals surface area contributed by atoms with E-state index in [-0.39, 0.29) is 5.97 Å². The first-order valence-electron chi connectivity index (χ1n) is 6.29. The van der Waals surface area contributed by atoms with Crippen molar-refractivity contribution in [3.05, 3.63) is 46.7 Å². The second-order valence-corrected chi connectivity index (χ2v) is 4.65. The van der Waals surface area contributed by atoms with E-state index in [1.54, 1.807) is 24.7 Å². The number of anilines is 1. The molecule has 0 atom stereocenters. The van der Waals surface area contributed by atoms with E-state index in [1.807, 2.05) is 18.2 Å². The number of carbonyl (C=O) groups is 1. The maximum absolute atomic E-state index is 11.8. The molecule has 0 aliphatic heterocycles. The Bertz CT molecular complexity index is 610. The van der Waals surface area contributed by atoms with Crippen LogP contribution in [0.1, 0.15) is 23.0 Å². The van der Waals surface area contributed by atoms with E-state index >= 15 is 0 Å². The molecule has 0 aliphatic rings. The minimum atomic E-state index is -0.358. The fourth-order valence-corrected chi connectivity index (χ4v) is 2.03. The lowest BCUT2D eigenvalue weighted by Gasteiger charge is -2.09. The van der Waals surface area contributed by atoms with Gasteiger partial charge < -0.3 is 10.1 Å². The van der Waals surface area contributed by atoms with Gasteiger partial charge in [-0.2, -0.15) is 5.10 Å².